The number of benzene rings is 2. The summed E-state index contributed by atoms with van der Waals surface area (Å²) in [5.74, 6) is 1.49. The predicted molar refractivity (Wildman–Crippen MR) is 139 cm³/mol. The van der Waals surface area contributed by atoms with Crippen LogP contribution in [-0.2, 0) is 16.0 Å². The van der Waals surface area contributed by atoms with Gasteiger partial charge in [0.25, 0.3) is 0 Å². The van der Waals surface area contributed by atoms with Crippen molar-refractivity contribution in [2.75, 3.05) is 17.2 Å². The summed E-state index contributed by atoms with van der Waals surface area (Å²) < 4.78 is 12.3. The van der Waals surface area contributed by atoms with Crippen molar-refractivity contribution in [3.05, 3.63) is 47.0 Å². The van der Waals surface area contributed by atoms with Crippen LogP contribution in [0.3, 0.4) is 0 Å². The molecular formula is C29H38N2O4. The maximum absolute atomic E-state index is 12.2. The van der Waals surface area contributed by atoms with Crippen LogP contribution >= 0.6 is 0 Å². The number of carbonyl (C=O) groups is 2. The third kappa shape index (κ3) is 5.80. The van der Waals surface area contributed by atoms with Crippen LogP contribution < -0.4 is 20.1 Å². The molecule has 0 spiro atoms. The fourth-order valence-corrected chi connectivity index (χ4v) is 5.67. The molecule has 188 valence electrons. The molecule has 2 N–H and O–H groups in total. The van der Waals surface area contributed by atoms with Gasteiger partial charge in [-0.3, -0.25) is 9.59 Å². The average molecular weight is 479 g/mol. The van der Waals surface area contributed by atoms with Gasteiger partial charge in [-0.1, -0.05) is 43.2 Å². The SMILES string of the molecule is CC(=O)Nc1c2c(c(OC(C)=O)c(C)c1OC(C)CCCc1ccccc1)[C@H]1CCCC[C@@H]1CN2. The topological polar surface area (TPSA) is 76.7 Å². The monoisotopic (exact) mass is 478 g/mol. The molecule has 2 aromatic rings. The van der Waals surface area contributed by atoms with Gasteiger partial charge in [0, 0.05) is 31.5 Å². The van der Waals surface area contributed by atoms with Gasteiger partial charge in [0.15, 0.2) is 5.75 Å². The molecule has 0 bridgehead atoms. The Morgan fingerprint density at radius 2 is 1.86 bits per heavy atom. The Hall–Kier alpha value is -3.02. The Kier molecular flexibility index (Phi) is 7.99. The summed E-state index contributed by atoms with van der Waals surface area (Å²) in [5, 5.41) is 6.61. The van der Waals surface area contributed by atoms with Gasteiger partial charge >= 0.3 is 5.97 Å². The quantitative estimate of drug-likeness (QED) is 0.341. The smallest absolute Gasteiger partial charge is 0.308 e. The lowest BCUT2D eigenvalue weighted by Crippen LogP contribution is -2.32. The van der Waals surface area contributed by atoms with Gasteiger partial charge in [-0.15, -0.1) is 0 Å². The second-order valence-electron chi connectivity index (χ2n) is 10.1. The molecule has 0 aromatic heterocycles. The zero-order valence-electron chi connectivity index (χ0n) is 21.4. The van der Waals surface area contributed by atoms with Gasteiger partial charge in [0.05, 0.1) is 11.8 Å². The molecule has 1 fully saturated rings. The summed E-state index contributed by atoms with van der Waals surface area (Å²) in [6.45, 7) is 7.79. The number of hydrogen-bond acceptors (Lipinski definition) is 5. The van der Waals surface area contributed by atoms with Crippen molar-refractivity contribution in [1.29, 1.82) is 0 Å². The summed E-state index contributed by atoms with van der Waals surface area (Å²) in [6.07, 6.45) is 7.37. The number of aryl methyl sites for hydroxylation is 1. The Labute approximate surface area is 208 Å². The molecule has 3 atom stereocenters. The Morgan fingerprint density at radius 3 is 2.57 bits per heavy atom. The highest BCUT2D eigenvalue weighted by molar-refractivity contribution is 5.98. The summed E-state index contributed by atoms with van der Waals surface area (Å²) >= 11 is 0. The molecule has 1 aliphatic heterocycles. The third-order valence-electron chi connectivity index (χ3n) is 7.28. The molecule has 4 rings (SSSR count). The summed E-state index contributed by atoms with van der Waals surface area (Å²) in [4.78, 5) is 24.4. The highest BCUT2D eigenvalue weighted by Gasteiger charge is 2.38. The van der Waals surface area contributed by atoms with Crippen molar-refractivity contribution in [3.8, 4) is 11.5 Å². The van der Waals surface area contributed by atoms with E-state index in [0.29, 0.717) is 29.0 Å². The highest BCUT2D eigenvalue weighted by atomic mass is 16.5. The van der Waals surface area contributed by atoms with E-state index in [1.54, 1.807) is 0 Å². The van der Waals surface area contributed by atoms with Crippen molar-refractivity contribution in [2.45, 2.75) is 84.7 Å². The fraction of sp³-hybridized carbons (Fsp3) is 0.517. The Balaban J connectivity index is 1.67. The second-order valence-corrected chi connectivity index (χ2v) is 10.1. The van der Waals surface area contributed by atoms with Crippen LogP contribution in [0.25, 0.3) is 0 Å². The average Bonchev–Trinajstić information content (AvgIpc) is 2.83. The second kappa shape index (κ2) is 11.1. The molecule has 1 aliphatic carbocycles. The van der Waals surface area contributed by atoms with E-state index in [2.05, 4.69) is 41.8 Å². The Morgan fingerprint density at radius 1 is 1.11 bits per heavy atom. The van der Waals surface area contributed by atoms with E-state index in [1.807, 2.05) is 13.0 Å². The van der Waals surface area contributed by atoms with Gasteiger partial charge in [-0.25, -0.2) is 0 Å². The maximum Gasteiger partial charge on any atom is 0.308 e. The predicted octanol–water partition coefficient (Wildman–Crippen LogP) is 6.37. The van der Waals surface area contributed by atoms with E-state index in [1.165, 1.54) is 25.8 Å². The van der Waals surface area contributed by atoms with Crippen LogP contribution in [0.2, 0.25) is 0 Å². The minimum Gasteiger partial charge on any atom is -0.488 e. The van der Waals surface area contributed by atoms with Crippen molar-refractivity contribution in [3.63, 3.8) is 0 Å². The lowest BCUT2D eigenvalue weighted by atomic mass is 9.72. The normalized spacial score (nSPS) is 19.5. The van der Waals surface area contributed by atoms with Crippen LogP contribution in [0.15, 0.2) is 30.3 Å². The lowest BCUT2D eigenvalue weighted by Gasteiger charge is -2.40. The lowest BCUT2D eigenvalue weighted by molar-refractivity contribution is -0.132. The van der Waals surface area contributed by atoms with E-state index in [0.717, 1.165) is 61.9 Å². The van der Waals surface area contributed by atoms with Crippen LogP contribution in [0.5, 0.6) is 11.5 Å². The number of nitrogens with one attached hydrogen (secondary N) is 2. The van der Waals surface area contributed by atoms with E-state index in [4.69, 9.17) is 9.47 Å². The number of esters is 1. The summed E-state index contributed by atoms with van der Waals surface area (Å²) in [6, 6.07) is 10.4. The first kappa shape index (κ1) is 25.1. The number of carbonyl (C=O) groups excluding carboxylic acids is 2. The molecule has 2 aromatic carbocycles. The van der Waals surface area contributed by atoms with Gasteiger partial charge in [-0.2, -0.15) is 0 Å². The molecule has 1 amide bonds. The van der Waals surface area contributed by atoms with E-state index < -0.39 is 0 Å². The van der Waals surface area contributed by atoms with E-state index >= 15 is 0 Å². The first-order valence-corrected chi connectivity index (χ1v) is 13.0. The number of ether oxygens (including phenoxy) is 2. The molecule has 0 saturated heterocycles. The van der Waals surface area contributed by atoms with E-state index in [-0.39, 0.29) is 18.0 Å². The standard InChI is InChI=1S/C29H38N2O4/c1-18(11-10-14-22-12-6-5-7-13-22)34-29-19(2)28(35-21(4)33)25-24-16-9-8-15-23(24)17-30-26(25)27(29)31-20(3)32/h5-7,12-13,18,23-24,30H,8-11,14-17H2,1-4H3,(H,31,32)/t18?,23-,24+/m1/s1. The molecule has 1 saturated carbocycles. The number of amides is 1. The molecule has 6 heteroatoms. The number of anilines is 2. The highest BCUT2D eigenvalue weighted by Crippen LogP contribution is 2.55. The number of fused-ring (bicyclic) bond motifs is 3. The van der Waals surface area contributed by atoms with Gasteiger partial charge in [-0.05, 0) is 63.4 Å². The first-order valence-electron chi connectivity index (χ1n) is 13.0. The van der Waals surface area contributed by atoms with Gasteiger partial charge in [0.2, 0.25) is 5.91 Å². The number of rotatable bonds is 8. The zero-order chi connectivity index (χ0) is 24.9. The minimum atomic E-state index is -0.345. The molecule has 1 heterocycles. The van der Waals surface area contributed by atoms with Crippen LogP contribution in [0.1, 0.15) is 81.9 Å². The minimum absolute atomic E-state index is 0.0702. The fourth-order valence-electron chi connectivity index (χ4n) is 5.67. The van der Waals surface area contributed by atoms with Crippen molar-refractivity contribution >= 4 is 23.3 Å². The number of hydrogen-bond donors (Lipinski definition) is 2. The van der Waals surface area contributed by atoms with E-state index in [9.17, 15) is 9.59 Å². The van der Waals surface area contributed by atoms with Gasteiger partial charge < -0.3 is 20.1 Å². The van der Waals surface area contributed by atoms with Crippen LogP contribution in [0.4, 0.5) is 11.4 Å². The summed E-state index contributed by atoms with van der Waals surface area (Å²) in [7, 11) is 0. The van der Waals surface area contributed by atoms with Crippen LogP contribution in [-0.4, -0.2) is 24.5 Å². The summed E-state index contributed by atoms with van der Waals surface area (Å²) in [5.41, 5.74) is 4.61. The molecule has 35 heavy (non-hydrogen) atoms. The van der Waals surface area contributed by atoms with Crippen LogP contribution in [0, 0.1) is 12.8 Å². The first-order chi connectivity index (χ1) is 16.8. The molecular weight excluding hydrogens is 440 g/mol. The van der Waals surface area contributed by atoms with Crippen molar-refractivity contribution in [1.82, 2.24) is 0 Å². The molecule has 6 nitrogen and oxygen atoms in total. The third-order valence-corrected chi connectivity index (χ3v) is 7.28. The molecule has 0 radical (unpaired) electrons. The molecule has 1 unspecified atom stereocenters. The van der Waals surface area contributed by atoms with Crippen molar-refractivity contribution < 1.29 is 19.1 Å². The maximum atomic E-state index is 12.2. The van der Waals surface area contributed by atoms with Crippen molar-refractivity contribution in [2.24, 2.45) is 5.92 Å². The zero-order valence-corrected chi connectivity index (χ0v) is 21.4. The Bertz CT molecular complexity index is 1070. The molecule has 2 aliphatic rings. The largest absolute Gasteiger partial charge is 0.488 e. The van der Waals surface area contributed by atoms with Gasteiger partial charge in [0.1, 0.15) is 11.4 Å².